The molecule has 1 aromatic rings. The number of piperazine rings is 1. The smallest absolute Gasteiger partial charge is 0.0476 e. The van der Waals surface area contributed by atoms with E-state index in [1.54, 1.807) is 0 Å². The van der Waals surface area contributed by atoms with Crippen molar-refractivity contribution in [3.05, 3.63) is 35.9 Å². The molecule has 1 saturated heterocycles. The number of hydrogen-bond acceptors (Lipinski definition) is 2. The zero-order valence-corrected chi connectivity index (χ0v) is 13.6. The molecule has 3 rings (SSSR count). The van der Waals surface area contributed by atoms with Crippen LogP contribution in [0.3, 0.4) is 0 Å². The molecule has 1 heterocycles. The van der Waals surface area contributed by atoms with E-state index in [1.165, 1.54) is 50.6 Å². The van der Waals surface area contributed by atoms with Crippen molar-refractivity contribution in [3.63, 3.8) is 0 Å². The van der Waals surface area contributed by atoms with E-state index in [2.05, 4.69) is 54.4 Å². The second-order valence-corrected chi connectivity index (χ2v) is 6.91. The van der Waals surface area contributed by atoms with Gasteiger partial charge >= 0.3 is 0 Å². The summed E-state index contributed by atoms with van der Waals surface area (Å²) in [4.78, 5) is 2.84. The molecule has 0 radical (unpaired) electrons. The summed E-state index contributed by atoms with van der Waals surface area (Å²) in [5.41, 5.74) is 1.81. The summed E-state index contributed by atoms with van der Waals surface area (Å²) in [6.07, 6.45) is 8.09. The molecule has 0 amide bonds. The molecule has 0 aromatic heterocycles. The number of hydrogen-bond donors (Lipinski definition) is 1. The van der Waals surface area contributed by atoms with Crippen molar-refractivity contribution in [2.75, 3.05) is 13.1 Å². The summed E-state index contributed by atoms with van der Waals surface area (Å²) in [5, 5.41) is 3.89. The maximum absolute atomic E-state index is 3.89. The highest BCUT2D eigenvalue weighted by molar-refractivity contribution is 5.21. The minimum Gasteiger partial charge on any atom is -0.308 e. The van der Waals surface area contributed by atoms with Gasteiger partial charge in [-0.1, -0.05) is 57.0 Å². The lowest BCUT2D eigenvalue weighted by Gasteiger charge is -2.50. The van der Waals surface area contributed by atoms with Crippen LogP contribution in [-0.4, -0.2) is 29.6 Å². The largest absolute Gasteiger partial charge is 0.308 e. The van der Waals surface area contributed by atoms with Crippen LogP contribution in [0.25, 0.3) is 0 Å². The third-order valence-electron chi connectivity index (χ3n) is 5.89. The number of nitrogens with one attached hydrogen (secondary N) is 1. The van der Waals surface area contributed by atoms with Gasteiger partial charge in [-0.05, 0) is 31.2 Å². The van der Waals surface area contributed by atoms with Crippen molar-refractivity contribution < 1.29 is 0 Å². The molecular formula is C19H30N2. The Morgan fingerprint density at radius 1 is 1.10 bits per heavy atom. The van der Waals surface area contributed by atoms with Crippen LogP contribution < -0.4 is 5.32 Å². The van der Waals surface area contributed by atoms with Crippen LogP contribution in [0.15, 0.2) is 30.3 Å². The van der Waals surface area contributed by atoms with Crippen LogP contribution in [0.5, 0.6) is 0 Å². The third-order valence-corrected chi connectivity index (χ3v) is 5.89. The molecule has 2 fully saturated rings. The van der Waals surface area contributed by atoms with Gasteiger partial charge in [-0.25, -0.2) is 0 Å². The average Bonchev–Trinajstić information content (AvgIpc) is 3.09. The summed E-state index contributed by atoms with van der Waals surface area (Å²) in [7, 11) is 0. The van der Waals surface area contributed by atoms with E-state index >= 15 is 0 Å². The van der Waals surface area contributed by atoms with Crippen LogP contribution in [0.1, 0.15) is 64.0 Å². The number of nitrogens with zero attached hydrogens (tertiary/aromatic N) is 1. The molecule has 1 saturated carbocycles. The van der Waals surface area contributed by atoms with Gasteiger partial charge in [-0.3, -0.25) is 4.90 Å². The SMILES string of the molecule is CCC1(CC)CN(C2CCCC2)C(c2ccccc2)CN1. The number of benzene rings is 1. The lowest BCUT2D eigenvalue weighted by Crippen LogP contribution is -2.62. The third kappa shape index (κ3) is 3.02. The van der Waals surface area contributed by atoms with Gasteiger partial charge in [-0.2, -0.15) is 0 Å². The highest BCUT2D eigenvalue weighted by Gasteiger charge is 2.40. The van der Waals surface area contributed by atoms with Crippen LogP contribution in [0, 0.1) is 0 Å². The van der Waals surface area contributed by atoms with Gasteiger partial charge in [0.2, 0.25) is 0 Å². The Morgan fingerprint density at radius 2 is 1.76 bits per heavy atom. The molecule has 1 aromatic carbocycles. The molecular weight excluding hydrogens is 256 g/mol. The quantitative estimate of drug-likeness (QED) is 0.895. The van der Waals surface area contributed by atoms with Crippen molar-refractivity contribution in [3.8, 4) is 0 Å². The van der Waals surface area contributed by atoms with Gasteiger partial charge in [0.1, 0.15) is 0 Å². The van der Waals surface area contributed by atoms with Gasteiger partial charge in [0.15, 0.2) is 0 Å². The van der Waals surface area contributed by atoms with Gasteiger partial charge < -0.3 is 5.32 Å². The Labute approximate surface area is 129 Å². The summed E-state index contributed by atoms with van der Waals surface area (Å²) in [6.45, 7) is 6.99. The first-order valence-corrected chi connectivity index (χ1v) is 8.84. The minimum absolute atomic E-state index is 0.327. The second-order valence-electron chi connectivity index (χ2n) is 6.91. The van der Waals surface area contributed by atoms with E-state index in [9.17, 15) is 0 Å². The van der Waals surface area contributed by atoms with Gasteiger partial charge in [0.25, 0.3) is 0 Å². The molecule has 116 valence electrons. The van der Waals surface area contributed by atoms with Crippen molar-refractivity contribution in [1.29, 1.82) is 0 Å². The molecule has 2 heteroatoms. The number of rotatable bonds is 4. The van der Waals surface area contributed by atoms with Crippen molar-refractivity contribution in [1.82, 2.24) is 10.2 Å². The first-order chi connectivity index (χ1) is 10.3. The summed E-state index contributed by atoms with van der Waals surface area (Å²) < 4.78 is 0. The Kier molecular flexibility index (Phi) is 4.66. The fraction of sp³-hybridized carbons (Fsp3) is 0.684. The van der Waals surface area contributed by atoms with Crippen molar-refractivity contribution in [2.24, 2.45) is 0 Å². The monoisotopic (exact) mass is 286 g/mol. The van der Waals surface area contributed by atoms with Crippen LogP contribution in [0.2, 0.25) is 0 Å². The van der Waals surface area contributed by atoms with E-state index < -0.39 is 0 Å². The second kappa shape index (κ2) is 6.50. The zero-order chi connectivity index (χ0) is 14.7. The Morgan fingerprint density at radius 3 is 2.38 bits per heavy atom. The molecule has 21 heavy (non-hydrogen) atoms. The summed E-state index contributed by atoms with van der Waals surface area (Å²) in [6, 6.07) is 12.5. The Balaban J connectivity index is 1.85. The topological polar surface area (TPSA) is 15.3 Å². The summed E-state index contributed by atoms with van der Waals surface area (Å²) in [5.74, 6) is 0. The van der Waals surface area contributed by atoms with Crippen LogP contribution in [0.4, 0.5) is 0 Å². The first kappa shape index (κ1) is 15.1. The molecule has 2 nitrogen and oxygen atoms in total. The zero-order valence-electron chi connectivity index (χ0n) is 13.6. The molecule has 1 N–H and O–H groups in total. The normalized spacial score (nSPS) is 27.0. The van der Waals surface area contributed by atoms with Crippen molar-refractivity contribution >= 4 is 0 Å². The highest BCUT2D eigenvalue weighted by Crippen LogP contribution is 2.36. The molecule has 1 aliphatic heterocycles. The van der Waals surface area contributed by atoms with Gasteiger partial charge in [-0.15, -0.1) is 0 Å². The fourth-order valence-electron chi connectivity index (χ4n) is 4.27. The Bertz CT molecular complexity index is 432. The van der Waals surface area contributed by atoms with E-state index in [0.29, 0.717) is 11.6 Å². The van der Waals surface area contributed by atoms with E-state index in [4.69, 9.17) is 0 Å². The lowest BCUT2D eigenvalue weighted by atomic mass is 9.86. The molecule has 0 spiro atoms. The molecule has 1 aliphatic carbocycles. The molecule has 0 bridgehead atoms. The van der Waals surface area contributed by atoms with Gasteiger partial charge in [0.05, 0.1) is 0 Å². The average molecular weight is 286 g/mol. The van der Waals surface area contributed by atoms with Gasteiger partial charge in [0, 0.05) is 30.7 Å². The molecule has 2 aliphatic rings. The predicted molar refractivity (Wildman–Crippen MR) is 89.5 cm³/mol. The maximum Gasteiger partial charge on any atom is 0.0476 e. The molecule has 1 atom stereocenters. The lowest BCUT2D eigenvalue weighted by molar-refractivity contribution is 0.0376. The maximum atomic E-state index is 3.89. The standard InChI is InChI=1S/C19H30N2/c1-3-19(4-2)15-21(17-12-8-9-13-17)18(14-20-19)16-10-6-5-7-11-16/h5-7,10-11,17-18,20H,3-4,8-9,12-15H2,1-2H3. The molecule has 1 unspecified atom stereocenters. The fourth-order valence-corrected chi connectivity index (χ4v) is 4.27. The van der Waals surface area contributed by atoms with Crippen LogP contribution >= 0.6 is 0 Å². The van der Waals surface area contributed by atoms with E-state index in [0.717, 1.165) is 12.6 Å². The van der Waals surface area contributed by atoms with E-state index in [-0.39, 0.29) is 0 Å². The predicted octanol–water partition coefficient (Wildman–Crippen LogP) is 4.13. The van der Waals surface area contributed by atoms with Crippen molar-refractivity contribution in [2.45, 2.75) is 70.0 Å². The Hall–Kier alpha value is -0.860. The minimum atomic E-state index is 0.327. The first-order valence-electron chi connectivity index (χ1n) is 8.84. The van der Waals surface area contributed by atoms with Crippen LogP contribution in [-0.2, 0) is 0 Å². The van der Waals surface area contributed by atoms with E-state index in [1.807, 2.05) is 0 Å². The summed E-state index contributed by atoms with van der Waals surface area (Å²) >= 11 is 0. The highest BCUT2D eigenvalue weighted by atomic mass is 15.3.